The molecule has 0 aliphatic carbocycles. The number of aromatic nitrogens is 3. The van der Waals surface area contributed by atoms with E-state index < -0.39 is 0 Å². The van der Waals surface area contributed by atoms with Crippen molar-refractivity contribution in [1.82, 2.24) is 15.2 Å². The number of phenols is 1. The molecule has 2 N–H and O–H groups in total. The first-order valence-corrected chi connectivity index (χ1v) is 7.30. The molecule has 3 rings (SSSR count). The second-order valence-corrected chi connectivity index (χ2v) is 5.38. The number of aromatic amines is 1. The minimum absolute atomic E-state index is 0.168. The molecule has 0 spiro atoms. The van der Waals surface area contributed by atoms with Crippen molar-refractivity contribution in [3.8, 4) is 17.1 Å². The molecule has 2 aromatic carbocycles. The molecule has 5 nitrogen and oxygen atoms in total. The van der Waals surface area contributed by atoms with Crippen LogP contribution in [0.5, 0.6) is 5.75 Å². The van der Waals surface area contributed by atoms with Gasteiger partial charge in [0.1, 0.15) is 11.6 Å². The summed E-state index contributed by atoms with van der Waals surface area (Å²) in [5.41, 5.74) is 2.85. The van der Waals surface area contributed by atoms with Gasteiger partial charge in [-0.15, -0.1) is 0 Å². The van der Waals surface area contributed by atoms with Crippen LogP contribution in [0, 0.1) is 0 Å². The van der Waals surface area contributed by atoms with Gasteiger partial charge in [0, 0.05) is 19.8 Å². The smallest absolute Gasteiger partial charge is 0.185 e. The molecule has 0 saturated heterocycles. The van der Waals surface area contributed by atoms with Gasteiger partial charge in [0.05, 0.1) is 5.56 Å². The molecule has 116 valence electrons. The third-order valence-corrected chi connectivity index (χ3v) is 3.49. The largest absolute Gasteiger partial charge is 0.507 e. The Hall–Kier alpha value is -3.08. The average molecular weight is 306 g/mol. The van der Waals surface area contributed by atoms with Crippen LogP contribution >= 0.6 is 0 Å². The molecule has 1 heterocycles. The summed E-state index contributed by atoms with van der Waals surface area (Å²) in [4.78, 5) is 6.44. The first-order chi connectivity index (χ1) is 11.1. The van der Waals surface area contributed by atoms with Gasteiger partial charge in [0.2, 0.25) is 0 Å². The Balaban J connectivity index is 1.77. The fourth-order valence-electron chi connectivity index (χ4n) is 2.19. The van der Waals surface area contributed by atoms with Gasteiger partial charge in [0.15, 0.2) is 5.82 Å². The molecule has 0 fully saturated rings. The highest BCUT2D eigenvalue weighted by molar-refractivity contribution is 5.69. The zero-order valence-electron chi connectivity index (χ0n) is 13.1. The first-order valence-electron chi connectivity index (χ1n) is 7.30. The zero-order valence-corrected chi connectivity index (χ0v) is 13.1. The first kappa shape index (κ1) is 14.8. The van der Waals surface area contributed by atoms with E-state index in [0.29, 0.717) is 17.2 Å². The van der Waals surface area contributed by atoms with Crippen molar-refractivity contribution in [2.24, 2.45) is 0 Å². The summed E-state index contributed by atoms with van der Waals surface area (Å²) in [6, 6.07) is 15.2. The van der Waals surface area contributed by atoms with Crippen LogP contribution in [0.2, 0.25) is 0 Å². The Morgan fingerprint density at radius 3 is 2.43 bits per heavy atom. The van der Waals surface area contributed by atoms with Crippen LogP contribution in [0.25, 0.3) is 23.5 Å². The summed E-state index contributed by atoms with van der Waals surface area (Å²) in [5.74, 6) is 1.28. The molecule has 0 saturated carbocycles. The number of benzene rings is 2. The molecule has 0 unspecified atom stereocenters. The van der Waals surface area contributed by atoms with Gasteiger partial charge in [-0.05, 0) is 35.9 Å². The van der Waals surface area contributed by atoms with Gasteiger partial charge in [-0.2, -0.15) is 5.10 Å². The number of aromatic hydroxyl groups is 1. The number of phenolic OH excluding ortho intramolecular Hbond substituents is 1. The number of rotatable bonds is 4. The fraction of sp³-hybridized carbons (Fsp3) is 0.111. The highest BCUT2D eigenvalue weighted by Gasteiger charge is 2.08. The highest BCUT2D eigenvalue weighted by atomic mass is 16.3. The van der Waals surface area contributed by atoms with Gasteiger partial charge < -0.3 is 10.0 Å². The topological polar surface area (TPSA) is 65.0 Å². The lowest BCUT2D eigenvalue weighted by atomic mass is 10.2. The van der Waals surface area contributed by atoms with Crippen molar-refractivity contribution in [1.29, 1.82) is 0 Å². The van der Waals surface area contributed by atoms with E-state index in [1.807, 2.05) is 44.4 Å². The summed E-state index contributed by atoms with van der Waals surface area (Å²) < 4.78 is 0. The van der Waals surface area contributed by atoms with Crippen molar-refractivity contribution in [3.63, 3.8) is 0 Å². The summed E-state index contributed by atoms with van der Waals surface area (Å²) in [6.45, 7) is 0. The predicted molar refractivity (Wildman–Crippen MR) is 93.2 cm³/mol. The minimum Gasteiger partial charge on any atom is -0.507 e. The van der Waals surface area contributed by atoms with Crippen LogP contribution in [-0.2, 0) is 0 Å². The average Bonchev–Trinajstić information content (AvgIpc) is 3.02. The normalized spacial score (nSPS) is 11.0. The maximum absolute atomic E-state index is 9.84. The van der Waals surface area contributed by atoms with Crippen LogP contribution in [0.1, 0.15) is 11.4 Å². The Morgan fingerprint density at radius 2 is 1.74 bits per heavy atom. The van der Waals surface area contributed by atoms with Crippen molar-refractivity contribution >= 4 is 17.8 Å². The van der Waals surface area contributed by atoms with Crippen LogP contribution in [0.3, 0.4) is 0 Å². The SMILES string of the molecule is CN(C)c1ccc(/C=C/c2nc(-c3ccccc3O)n[nH]2)cc1. The van der Waals surface area contributed by atoms with Gasteiger partial charge in [-0.25, -0.2) is 4.98 Å². The molecule has 0 amide bonds. The van der Waals surface area contributed by atoms with Crippen molar-refractivity contribution < 1.29 is 5.11 Å². The van der Waals surface area contributed by atoms with Gasteiger partial charge in [0.25, 0.3) is 0 Å². The lowest BCUT2D eigenvalue weighted by molar-refractivity contribution is 0.477. The predicted octanol–water partition coefficient (Wildman–Crippen LogP) is 3.41. The van der Waals surface area contributed by atoms with E-state index in [1.165, 1.54) is 0 Å². The maximum Gasteiger partial charge on any atom is 0.185 e. The van der Waals surface area contributed by atoms with Crippen molar-refractivity contribution in [2.45, 2.75) is 0 Å². The van der Waals surface area contributed by atoms with Crippen LogP contribution in [0.15, 0.2) is 48.5 Å². The summed E-state index contributed by atoms with van der Waals surface area (Å²) in [5, 5.41) is 16.8. The van der Waals surface area contributed by atoms with E-state index >= 15 is 0 Å². The number of nitrogens with zero attached hydrogens (tertiary/aromatic N) is 3. The van der Waals surface area contributed by atoms with Crippen molar-refractivity contribution in [3.05, 3.63) is 59.9 Å². The Labute approximate surface area is 134 Å². The van der Waals surface area contributed by atoms with Gasteiger partial charge >= 0.3 is 0 Å². The third-order valence-electron chi connectivity index (χ3n) is 3.49. The number of H-pyrrole nitrogens is 1. The molecule has 0 radical (unpaired) electrons. The van der Waals surface area contributed by atoms with E-state index in [9.17, 15) is 5.11 Å². The summed E-state index contributed by atoms with van der Waals surface area (Å²) in [6.07, 6.45) is 3.83. The highest BCUT2D eigenvalue weighted by Crippen LogP contribution is 2.25. The van der Waals surface area contributed by atoms with Crippen LogP contribution in [-0.4, -0.2) is 34.4 Å². The molecule has 0 atom stereocenters. The third kappa shape index (κ3) is 3.40. The molecule has 23 heavy (non-hydrogen) atoms. The number of para-hydroxylation sites is 1. The molecule has 1 aromatic heterocycles. The second-order valence-electron chi connectivity index (χ2n) is 5.38. The number of anilines is 1. The van der Waals surface area contributed by atoms with E-state index in [-0.39, 0.29) is 5.75 Å². The van der Waals surface area contributed by atoms with Crippen LogP contribution < -0.4 is 4.90 Å². The van der Waals surface area contributed by atoms with Gasteiger partial charge in [-0.3, -0.25) is 5.10 Å². The van der Waals surface area contributed by atoms with E-state index in [4.69, 9.17) is 0 Å². The second kappa shape index (κ2) is 6.36. The molecule has 3 aromatic rings. The van der Waals surface area contributed by atoms with Crippen LogP contribution in [0.4, 0.5) is 5.69 Å². The van der Waals surface area contributed by atoms with Crippen molar-refractivity contribution in [2.75, 3.05) is 19.0 Å². The molecule has 0 bridgehead atoms. The van der Waals surface area contributed by atoms with Gasteiger partial charge in [-0.1, -0.05) is 30.3 Å². The molecule has 0 aliphatic rings. The molecule has 5 heteroatoms. The monoisotopic (exact) mass is 306 g/mol. The van der Waals surface area contributed by atoms with E-state index in [2.05, 4.69) is 32.2 Å². The Bertz CT molecular complexity index is 819. The quantitative estimate of drug-likeness (QED) is 0.775. The number of hydrogen-bond donors (Lipinski definition) is 2. The molecular formula is C18H18N4O. The Morgan fingerprint density at radius 1 is 1.00 bits per heavy atom. The maximum atomic E-state index is 9.84. The van der Waals surface area contributed by atoms with E-state index in [1.54, 1.807) is 18.2 Å². The lowest BCUT2D eigenvalue weighted by Gasteiger charge is -2.11. The fourth-order valence-corrected chi connectivity index (χ4v) is 2.19. The summed E-state index contributed by atoms with van der Waals surface area (Å²) in [7, 11) is 4.03. The minimum atomic E-state index is 0.168. The Kier molecular flexibility index (Phi) is 4.10. The molecular weight excluding hydrogens is 288 g/mol. The summed E-state index contributed by atoms with van der Waals surface area (Å²) >= 11 is 0. The molecule has 0 aliphatic heterocycles. The lowest BCUT2D eigenvalue weighted by Crippen LogP contribution is -2.07. The van der Waals surface area contributed by atoms with E-state index in [0.717, 1.165) is 11.3 Å². The standard InChI is InChI=1S/C18H18N4O/c1-22(2)14-10-7-13(8-11-14)9-12-17-19-18(21-20-17)15-5-3-4-6-16(15)23/h3-12,23H,1-2H3,(H,19,20,21)/b12-9+. The number of nitrogens with one attached hydrogen (secondary N) is 1. The number of hydrogen-bond acceptors (Lipinski definition) is 4. The zero-order chi connectivity index (χ0) is 16.2.